The van der Waals surface area contributed by atoms with E-state index in [1.807, 2.05) is 0 Å². The van der Waals surface area contributed by atoms with Crippen LogP contribution in [0.15, 0.2) is 12.2 Å². The van der Waals surface area contributed by atoms with Gasteiger partial charge in [-0.2, -0.15) is 0 Å². The van der Waals surface area contributed by atoms with Gasteiger partial charge in [-0.05, 0) is 51.6 Å². The van der Waals surface area contributed by atoms with Gasteiger partial charge < -0.3 is 10.6 Å². The monoisotopic (exact) mass is 394 g/mol. The maximum absolute atomic E-state index is 12.0. The molecule has 0 radical (unpaired) electrons. The second-order valence-corrected chi connectivity index (χ2v) is 8.23. The number of rotatable bonds is 20. The number of unbranched alkanes of at least 4 members (excludes halogenated alkanes) is 10. The van der Waals surface area contributed by atoms with Gasteiger partial charge in [0.15, 0.2) is 0 Å². The minimum absolute atomic E-state index is 0.00196. The lowest BCUT2D eigenvalue weighted by Crippen LogP contribution is -2.45. The van der Waals surface area contributed by atoms with Crippen LogP contribution >= 0.6 is 0 Å². The van der Waals surface area contributed by atoms with Gasteiger partial charge in [-0.25, -0.2) is 0 Å². The molecule has 0 aliphatic carbocycles. The zero-order valence-corrected chi connectivity index (χ0v) is 19.6. The Hall–Kier alpha value is -0.830. The molecular formula is C25H50N2O. The van der Waals surface area contributed by atoms with E-state index in [9.17, 15) is 4.79 Å². The summed E-state index contributed by atoms with van der Waals surface area (Å²) in [5, 5.41) is 0. The molecule has 28 heavy (non-hydrogen) atoms. The Labute approximate surface area is 176 Å². The number of nitrogens with two attached hydrogens (primary N) is 1. The van der Waals surface area contributed by atoms with Crippen molar-refractivity contribution in [2.45, 2.75) is 124 Å². The van der Waals surface area contributed by atoms with Crippen LogP contribution in [0.25, 0.3) is 0 Å². The number of nitrogens with zero attached hydrogens (tertiary/aromatic N) is 1. The number of primary amides is 1. The van der Waals surface area contributed by atoms with Crippen LogP contribution < -0.4 is 5.73 Å². The molecule has 0 fully saturated rings. The van der Waals surface area contributed by atoms with Gasteiger partial charge in [0.25, 0.3) is 0 Å². The van der Waals surface area contributed by atoms with Gasteiger partial charge in [0.05, 0.1) is 5.92 Å². The van der Waals surface area contributed by atoms with Gasteiger partial charge in [0, 0.05) is 6.04 Å². The van der Waals surface area contributed by atoms with Crippen LogP contribution in [0.3, 0.4) is 0 Å². The maximum Gasteiger partial charge on any atom is 0.222 e. The molecule has 0 aromatic heterocycles. The van der Waals surface area contributed by atoms with E-state index in [0.717, 1.165) is 32.4 Å². The number of hydrogen-bond acceptors (Lipinski definition) is 2. The molecule has 0 aromatic rings. The first-order valence-electron chi connectivity index (χ1n) is 12.3. The topological polar surface area (TPSA) is 46.3 Å². The minimum atomic E-state index is -0.114. The fourth-order valence-electron chi connectivity index (χ4n) is 4.27. The molecule has 0 heterocycles. The highest BCUT2D eigenvalue weighted by molar-refractivity contribution is 5.77. The predicted octanol–water partition coefficient (Wildman–Crippen LogP) is 6.86. The molecule has 0 aliphatic heterocycles. The molecule has 2 unspecified atom stereocenters. The molecule has 1 amide bonds. The largest absolute Gasteiger partial charge is 0.369 e. The van der Waals surface area contributed by atoms with E-state index < -0.39 is 0 Å². The average molecular weight is 395 g/mol. The second-order valence-electron chi connectivity index (χ2n) is 8.23. The Balaban J connectivity index is 3.83. The van der Waals surface area contributed by atoms with E-state index in [1.165, 1.54) is 70.6 Å². The second kappa shape index (κ2) is 19.5. The van der Waals surface area contributed by atoms with Crippen molar-refractivity contribution < 1.29 is 4.79 Å². The predicted molar refractivity (Wildman–Crippen MR) is 125 cm³/mol. The molecule has 0 rings (SSSR count). The Kier molecular flexibility index (Phi) is 18.9. The van der Waals surface area contributed by atoms with Crippen molar-refractivity contribution in [3.05, 3.63) is 12.2 Å². The number of carbonyl (C=O) groups excluding carboxylic acids is 1. The summed E-state index contributed by atoms with van der Waals surface area (Å²) < 4.78 is 0. The summed E-state index contributed by atoms with van der Waals surface area (Å²) >= 11 is 0. The molecule has 0 aromatic carbocycles. The maximum atomic E-state index is 12.0. The number of hydrogen-bond donors (Lipinski definition) is 1. The molecule has 3 heteroatoms. The highest BCUT2D eigenvalue weighted by atomic mass is 16.1. The fraction of sp³-hybridized carbons (Fsp3) is 0.880. The first kappa shape index (κ1) is 27.2. The number of allylic oxidation sites excluding steroid dienone is 2. The molecule has 2 N–H and O–H groups in total. The lowest BCUT2D eigenvalue weighted by molar-refractivity contribution is -0.124. The average Bonchev–Trinajstić information content (AvgIpc) is 2.69. The quantitative estimate of drug-likeness (QED) is 0.181. The number of carbonyl (C=O) groups is 1. The van der Waals surface area contributed by atoms with Crippen LogP contribution in [0.4, 0.5) is 0 Å². The van der Waals surface area contributed by atoms with E-state index in [1.54, 1.807) is 0 Å². The normalized spacial score (nSPS) is 14.0. The van der Waals surface area contributed by atoms with Gasteiger partial charge in [-0.1, -0.05) is 91.2 Å². The summed E-state index contributed by atoms with van der Waals surface area (Å²) in [7, 11) is 0. The molecule has 166 valence electrons. The van der Waals surface area contributed by atoms with E-state index in [2.05, 4.69) is 44.7 Å². The lowest BCUT2D eigenvalue weighted by atomic mass is 9.89. The van der Waals surface area contributed by atoms with E-state index in [0.29, 0.717) is 6.04 Å². The minimum Gasteiger partial charge on any atom is -0.369 e. The Bertz CT molecular complexity index is 377. The van der Waals surface area contributed by atoms with E-state index in [4.69, 9.17) is 5.73 Å². The zero-order chi connectivity index (χ0) is 21.0. The van der Waals surface area contributed by atoms with Crippen LogP contribution in [0, 0.1) is 5.92 Å². The van der Waals surface area contributed by atoms with Gasteiger partial charge in [0.2, 0.25) is 5.91 Å². The van der Waals surface area contributed by atoms with Crippen LogP contribution in [-0.2, 0) is 4.79 Å². The van der Waals surface area contributed by atoms with E-state index in [-0.39, 0.29) is 11.8 Å². The standard InChI is InChI=1S/C25H50N2O/c1-5-9-10-11-12-13-14-15-16-17-18-19-20-21-22-23(25(26)28)24(6-2)27(7-3)8-4/h15-16,23-24H,5-14,17-22H2,1-4H3,(H2,26,28). The lowest BCUT2D eigenvalue weighted by Gasteiger charge is -2.34. The third kappa shape index (κ3) is 13.4. The zero-order valence-electron chi connectivity index (χ0n) is 19.6. The van der Waals surface area contributed by atoms with Gasteiger partial charge in [0.1, 0.15) is 0 Å². The third-order valence-corrected chi connectivity index (χ3v) is 6.06. The molecule has 0 aliphatic rings. The van der Waals surface area contributed by atoms with Gasteiger partial charge in [-0.3, -0.25) is 4.79 Å². The molecule has 0 spiro atoms. The summed E-state index contributed by atoms with van der Waals surface area (Å²) in [5.74, 6) is -0.113. The van der Waals surface area contributed by atoms with Gasteiger partial charge in [-0.15, -0.1) is 0 Å². The first-order valence-corrected chi connectivity index (χ1v) is 12.3. The highest BCUT2D eigenvalue weighted by Crippen LogP contribution is 2.21. The van der Waals surface area contributed by atoms with E-state index >= 15 is 0 Å². The SMILES string of the molecule is CCCCCCCCC=CCCCCCCC(C(N)=O)C(CC)N(CC)CC. The van der Waals surface area contributed by atoms with Crippen molar-refractivity contribution in [2.24, 2.45) is 11.7 Å². The van der Waals surface area contributed by atoms with Crippen LogP contribution in [0.5, 0.6) is 0 Å². The molecule has 2 atom stereocenters. The summed E-state index contributed by atoms with van der Waals surface area (Å²) in [6.45, 7) is 10.8. The van der Waals surface area contributed by atoms with Crippen molar-refractivity contribution in [3.63, 3.8) is 0 Å². The van der Waals surface area contributed by atoms with Crippen molar-refractivity contribution in [1.82, 2.24) is 4.90 Å². The fourth-order valence-corrected chi connectivity index (χ4v) is 4.27. The number of amides is 1. The van der Waals surface area contributed by atoms with Gasteiger partial charge >= 0.3 is 0 Å². The summed E-state index contributed by atoms with van der Waals surface area (Å²) in [4.78, 5) is 14.4. The summed E-state index contributed by atoms with van der Waals surface area (Å²) in [5.41, 5.74) is 5.74. The molecule has 0 bridgehead atoms. The van der Waals surface area contributed by atoms with Crippen molar-refractivity contribution in [2.75, 3.05) is 13.1 Å². The molecular weight excluding hydrogens is 344 g/mol. The summed E-state index contributed by atoms with van der Waals surface area (Å²) in [6.07, 6.45) is 22.3. The molecule has 0 saturated heterocycles. The Morgan fingerprint density at radius 1 is 0.786 bits per heavy atom. The van der Waals surface area contributed by atoms with Crippen LogP contribution in [0.2, 0.25) is 0 Å². The smallest absolute Gasteiger partial charge is 0.222 e. The van der Waals surface area contributed by atoms with Crippen molar-refractivity contribution >= 4 is 5.91 Å². The third-order valence-electron chi connectivity index (χ3n) is 6.06. The molecule has 0 saturated carbocycles. The molecule has 3 nitrogen and oxygen atoms in total. The summed E-state index contributed by atoms with van der Waals surface area (Å²) in [6, 6.07) is 0.303. The Morgan fingerprint density at radius 3 is 1.75 bits per heavy atom. The Morgan fingerprint density at radius 2 is 1.29 bits per heavy atom. The van der Waals surface area contributed by atoms with Crippen LogP contribution in [-0.4, -0.2) is 29.9 Å². The highest BCUT2D eigenvalue weighted by Gasteiger charge is 2.28. The first-order chi connectivity index (χ1) is 13.6. The van der Waals surface area contributed by atoms with Crippen molar-refractivity contribution in [3.8, 4) is 0 Å². The van der Waals surface area contributed by atoms with Crippen LogP contribution in [0.1, 0.15) is 118 Å². The van der Waals surface area contributed by atoms with Crippen molar-refractivity contribution in [1.29, 1.82) is 0 Å².